The van der Waals surface area contributed by atoms with E-state index in [2.05, 4.69) is 46.9 Å². The van der Waals surface area contributed by atoms with Gasteiger partial charge in [-0.3, -0.25) is 9.36 Å². The van der Waals surface area contributed by atoms with E-state index in [1.807, 2.05) is 81.4 Å². The van der Waals surface area contributed by atoms with Gasteiger partial charge in [-0.1, -0.05) is 72.0 Å². The number of rotatable bonds is 11. The maximum Gasteiger partial charge on any atom is 0.338 e. The Morgan fingerprint density at radius 1 is 0.980 bits per heavy atom. The third-order valence-corrected chi connectivity index (χ3v) is 9.76. The first-order valence-electron chi connectivity index (χ1n) is 16.2. The van der Waals surface area contributed by atoms with Crippen LogP contribution in [0.1, 0.15) is 57.4 Å². The SMILES string of the molecule is CCOC(=O)C1=C(C)N=c2s/c(=C\c3cc(I)c(OCc4cccc5ccccc45)c(OCC)c3)c(=O)n2[C@H]1c1ccccc1OC(C)C. The maximum atomic E-state index is 14.3. The first-order valence-corrected chi connectivity index (χ1v) is 18.1. The minimum absolute atomic E-state index is 0.117. The monoisotopic (exact) mass is 788 g/mol. The molecule has 1 aliphatic heterocycles. The summed E-state index contributed by atoms with van der Waals surface area (Å²) < 4.78 is 27.0. The van der Waals surface area contributed by atoms with Gasteiger partial charge in [-0.2, -0.15) is 0 Å². The highest BCUT2D eigenvalue weighted by Gasteiger charge is 2.35. The molecule has 0 fully saturated rings. The summed E-state index contributed by atoms with van der Waals surface area (Å²) in [4.78, 5) is 32.9. The van der Waals surface area contributed by atoms with Crippen molar-refractivity contribution in [2.75, 3.05) is 13.2 Å². The van der Waals surface area contributed by atoms with Crippen molar-refractivity contribution < 1.29 is 23.7 Å². The Balaban J connectivity index is 1.43. The highest BCUT2D eigenvalue weighted by Crippen LogP contribution is 2.37. The average Bonchev–Trinajstić information content (AvgIpc) is 3.37. The van der Waals surface area contributed by atoms with Gasteiger partial charge < -0.3 is 18.9 Å². The minimum Gasteiger partial charge on any atom is -0.491 e. The van der Waals surface area contributed by atoms with E-state index in [4.69, 9.17) is 23.9 Å². The number of ether oxygens (including phenoxy) is 4. The largest absolute Gasteiger partial charge is 0.491 e. The fraction of sp³-hybridized carbons (Fsp3) is 0.256. The molecule has 252 valence electrons. The second-order valence-corrected chi connectivity index (χ2v) is 13.9. The van der Waals surface area contributed by atoms with Gasteiger partial charge in [0.25, 0.3) is 5.56 Å². The van der Waals surface area contributed by atoms with Gasteiger partial charge in [0, 0.05) is 5.56 Å². The summed E-state index contributed by atoms with van der Waals surface area (Å²) in [6, 6.07) is 25.0. The molecule has 1 aliphatic rings. The first-order chi connectivity index (χ1) is 23.7. The number of hydrogen-bond acceptors (Lipinski definition) is 8. The van der Waals surface area contributed by atoms with Gasteiger partial charge in [0.15, 0.2) is 16.3 Å². The number of fused-ring (bicyclic) bond motifs is 2. The Labute approximate surface area is 302 Å². The number of nitrogens with zero attached hydrogens (tertiary/aromatic N) is 2. The number of benzene rings is 4. The number of thiazole rings is 1. The summed E-state index contributed by atoms with van der Waals surface area (Å²) in [7, 11) is 0. The van der Waals surface area contributed by atoms with Crippen LogP contribution in [0.25, 0.3) is 16.8 Å². The van der Waals surface area contributed by atoms with Gasteiger partial charge in [0.1, 0.15) is 18.4 Å². The van der Waals surface area contributed by atoms with Crippen molar-refractivity contribution in [1.29, 1.82) is 0 Å². The van der Waals surface area contributed by atoms with E-state index < -0.39 is 12.0 Å². The number of esters is 1. The minimum atomic E-state index is -0.781. The van der Waals surface area contributed by atoms with Crippen molar-refractivity contribution in [1.82, 2.24) is 4.57 Å². The molecule has 0 bridgehead atoms. The molecule has 49 heavy (non-hydrogen) atoms. The quantitative estimate of drug-likeness (QED) is 0.103. The van der Waals surface area contributed by atoms with E-state index in [0.29, 0.717) is 56.6 Å². The highest BCUT2D eigenvalue weighted by atomic mass is 127. The van der Waals surface area contributed by atoms with E-state index in [1.54, 1.807) is 18.4 Å². The van der Waals surface area contributed by atoms with Gasteiger partial charge in [0.2, 0.25) is 0 Å². The van der Waals surface area contributed by atoms with E-state index in [-0.39, 0.29) is 18.3 Å². The summed E-state index contributed by atoms with van der Waals surface area (Å²) in [5, 5.41) is 2.30. The van der Waals surface area contributed by atoms with Crippen LogP contribution in [-0.4, -0.2) is 29.9 Å². The summed E-state index contributed by atoms with van der Waals surface area (Å²) in [6.45, 7) is 10.3. The predicted molar refractivity (Wildman–Crippen MR) is 201 cm³/mol. The van der Waals surface area contributed by atoms with Gasteiger partial charge >= 0.3 is 5.97 Å². The number of hydrogen-bond donors (Lipinski definition) is 0. The Hall–Kier alpha value is -4.42. The molecule has 0 radical (unpaired) electrons. The third-order valence-electron chi connectivity index (χ3n) is 7.97. The van der Waals surface area contributed by atoms with Crippen molar-refractivity contribution in [3.05, 3.63) is 130 Å². The number of aromatic nitrogens is 1. The molecule has 10 heteroatoms. The summed E-state index contributed by atoms with van der Waals surface area (Å²) in [6.07, 6.45) is 1.72. The molecule has 2 heterocycles. The molecule has 0 N–H and O–H groups in total. The number of para-hydroxylation sites is 1. The van der Waals surface area contributed by atoms with E-state index in [1.165, 1.54) is 11.3 Å². The molecular weight excluding hydrogens is 751 g/mol. The molecule has 0 saturated carbocycles. The number of carbonyl (C=O) groups excluding carboxylic acids is 1. The van der Waals surface area contributed by atoms with Crippen LogP contribution in [-0.2, 0) is 16.1 Å². The zero-order chi connectivity index (χ0) is 34.7. The highest BCUT2D eigenvalue weighted by molar-refractivity contribution is 14.1. The van der Waals surface area contributed by atoms with Crippen molar-refractivity contribution in [3.63, 3.8) is 0 Å². The van der Waals surface area contributed by atoms with Crippen LogP contribution in [0.2, 0.25) is 0 Å². The van der Waals surface area contributed by atoms with Gasteiger partial charge in [-0.25, -0.2) is 9.79 Å². The van der Waals surface area contributed by atoms with Crippen LogP contribution in [0.15, 0.2) is 99.9 Å². The molecule has 0 unspecified atom stereocenters. The lowest BCUT2D eigenvalue weighted by atomic mass is 9.95. The molecule has 1 atom stereocenters. The zero-order valence-corrected chi connectivity index (χ0v) is 31.0. The van der Waals surface area contributed by atoms with Crippen LogP contribution >= 0.6 is 33.9 Å². The topological polar surface area (TPSA) is 88.4 Å². The normalized spacial score (nSPS) is 14.5. The van der Waals surface area contributed by atoms with Crippen LogP contribution in [0.5, 0.6) is 17.2 Å². The lowest BCUT2D eigenvalue weighted by Crippen LogP contribution is -2.40. The van der Waals surface area contributed by atoms with Gasteiger partial charge in [0.05, 0.1) is 38.7 Å². The molecule has 0 saturated heterocycles. The number of carbonyl (C=O) groups is 1. The molecule has 1 aromatic heterocycles. The van der Waals surface area contributed by atoms with Crippen LogP contribution in [0.3, 0.4) is 0 Å². The van der Waals surface area contributed by atoms with Gasteiger partial charge in [-0.05, 0) is 103 Å². The lowest BCUT2D eigenvalue weighted by Gasteiger charge is -2.26. The van der Waals surface area contributed by atoms with E-state index in [9.17, 15) is 9.59 Å². The first kappa shape index (κ1) is 34.4. The van der Waals surface area contributed by atoms with Crippen molar-refractivity contribution in [2.24, 2.45) is 4.99 Å². The predicted octanol–water partition coefficient (Wildman–Crippen LogP) is 7.32. The zero-order valence-electron chi connectivity index (χ0n) is 28.0. The Morgan fingerprint density at radius 2 is 1.73 bits per heavy atom. The summed E-state index contributed by atoms with van der Waals surface area (Å²) in [5.74, 6) is 1.30. The summed E-state index contributed by atoms with van der Waals surface area (Å²) >= 11 is 3.52. The second-order valence-electron chi connectivity index (χ2n) is 11.7. The molecule has 0 spiro atoms. The Morgan fingerprint density at radius 3 is 2.51 bits per heavy atom. The summed E-state index contributed by atoms with van der Waals surface area (Å²) in [5.41, 5.74) is 3.07. The third kappa shape index (κ3) is 7.16. The second kappa shape index (κ2) is 15.0. The smallest absolute Gasteiger partial charge is 0.338 e. The van der Waals surface area contributed by atoms with Crippen LogP contribution < -0.4 is 29.1 Å². The van der Waals surface area contributed by atoms with Gasteiger partial charge in [-0.15, -0.1) is 0 Å². The van der Waals surface area contributed by atoms with E-state index >= 15 is 0 Å². The fourth-order valence-electron chi connectivity index (χ4n) is 5.95. The fourth-order valence-corrected chi connectivity index (χ4v) is 7.78. The molecule has 4 aromatic carbocycles. The average molecular weight is 789 g/mol. The maximum absolute atomic E-state index is 14.3. The van der Waals surface area contributed by atoms with Crippen LogP contribution in [0.4, 0.5) is 0 Å². The molecule has 5 aromatic rings. The number of allylic oxidation sites excluding steroid dienone is 1. The molecule has 6 rings (SSSR count). The molecule has 0 amide bonds. The lowest BCUT2D eigenvalue weighted by molar-refractivity contribution is -0.139. The number of halogens is 1. The van der Waals surface area contributed by atoms with Crippen LogP contribution in [0, 0.1) is 3.57 Å². The Kier molecular flexibility index (Phi) is 10.5. The standard InChI is InChI=1S/C39H37IN2O6S/c1-6-45-32-20-25(19-30(40)36(32)47-22-27-15-12-14-26-13-8-9-16-28(26)27)21-33-37(43)42-35(29-17-10-11-18-31(29)48-23(3)4)34(38(44)46-7-2)24(5)41-39(42)49-33/h8-21,23,35H,6-7,22H2,1-5H3/b33-21-/t35-/m0/s1. The van der Waals surface area contributed by atoms with Crippen molar-refractivity contribution >= 4 is 56.7 Å². The molecule has 0 aliphatic carbocycles. The van der Waals surface area contributed by atoms with Crippen molar-refractivity contribution in [3.8, 4) is 17.2 Å². The van der Waals surface area contributed by atoms with Crippen molar-refractivity contribution in [2.45, 2.75) is 53.4 Å². The molecular formula is C39H37IN2O6S. The molecule has 8 nitrogen and oxygen atoms in total. The Bertz CT molecular complexity index is 2250. The van der Waals surface area contributed by atoms with E-state index in [0.717, 1.165) is 25.5 Å².